The second-order valence-electron chi connectivity index (χ2n) is 10.7. The summed E-state index contributed by atoms with van der Waals surface area (Å²) in [6.07, 6.45) is 6.54. The van der Waals surface area contributed by atoms with Gasteiger partial charge in [-0.15, -0.1) is 0 Å². The van der Waals surface area contributed by atoms with Crippen molar-refractivity contribution in [2.45, 2.75) is 51.5 Å². The van der Waals surface area contributed by atoms with Gasteiger partial charge >= 0.3 is 6.03 Å². The third-order valence-corrected chi connectivity index (χ3v) is 7.90. The minimum atomic E-state index is 0.0654. The molecule has 2 saturated heterocycles. The molecule has 0 unspecified atom stereocenters. The van der Waals surface area contributed by atoms with Crippen LogP contribution in [0, 0.1) is 0 Å². The molecule has 5 aliphatic rings. The van der Waals surface area contributed by atoms with Crippen molar-refractivity contribution in [1.29, 1.82) is 0 Å². The van der Waals surface area contributed by atoms with E-state index in [1.54, 1.807) is 0 Å². The van der Waals surface area contributed by atoms with Crippen LogP contribution >= 0.6 is 0 Å². The second-order valence-corrected chi connectivity index (χ2v) is 10.7. The molecule has 2 fully saturated rings. The molecule has 8 heteroatoms. The topological polar surface area (TPSA) is 69.6 Å². The quantitative estimate of drug-likeness (QED) is 0.689. The van der Waals surface area contributed by atoms with E-state index >= 15 is 0 Å². The van der Waals surface area contributed by atoms with E-state index in [1.165, 1.54) is 22.3 Å². The van der Waals surface area contributed by atoms with Crippen molar-refractivity contribution in [2.24, 2.45) is 4.99 Å². The second kappa shape index (κ2) is 9.65. The number of nitrogens with one attached hydrogen (secondary N) is 1. The normalized spacial score (nSPS) is 28.2. The van der Waals surface area contributed by atoms with Crippen LogP contribution in [-0.2, 0) is 22.4 Å². The molecule has 3 atom stereocenters. The van der Waals surface area contributed by atoms with Crippen LogP contribution in [0.2, 0.25) is 0 Å². The number of carbonyl (C=O) groups excluding carboxylic acids is 1. The number of hydrogen-bond donors (Lipinski definition) is 1. The number of ether oxygens (including phenoxy) is 2. The number of likely N-dealkylation sites (N-methyl/N-ethyl adjacent to an activating group) is 1. The molecule has 192 valence electrons. The lowest BCUT2D eigenvalue weighted by atomic mass is 9.88. The number of morpholine rings is 2. The van der Waals surface area contributed by atoms with Crippen molar-refractivity contribution in [1.82, 2.24) is 20.0 Å². The van der Waals surface area contributed by atoms with Gasteiger partial charge in [-0.3, -0.25) is 0 Å². The molecule has 5 aliphatic heterocycles. The summed E-state index contributed by atoms with van der Waals surface area (Å²) in [7, 11) is 2.12. The summed E-state index contributed by atoms with van der Waals surface area (Å²) < 4.78 is 11.7. The van der Waals surface area contributed by atoms with E-state index in [0.717, 1.165) is 56.2 Å². The number of nitrogens with zero attached hydrogens (tertiary/aromatic N) is 4. The summed E-state index contributed by atoms with van der Waals surface area (Å²) in [5.74, 6) is 1.07. The fourth-order valence-electron chi connectivity index (χ4n) is 6.17. The first-order valence-electron chi connectivity index (χ1n) is 13.3. The van der Waals surface area contributed by atoms with Crippen LogP contribution in [-0.4, -0.2) is 91.8 Å². The van der Waals surface area contributed by atoms with Gasteiger partial charge in [0.05, 0.1) is 37.2 Å². The van der Waals surface area contributed by atoms with Crippen molar-refractivity contribution < 1.29 is 14.3 Å². The van der Waals surface area contributed by atoms with Gasteiger partial charge in [0, 0.05) is 57.5 Å². The number of carbonyl (C=O) groups is 1. The van der Waals surface area contributed by atoms with Gasteiger partial charge in [0.1, 0.15) is 5.84 Å². The number of fused-ring (bicyclic) bond motifs is 2. The molecule has 8 nitrogen and oxygen atoms in total. The summed E-state index contributed by atoms with van der Waals surface area (Å²) in [5, 5.41) is 3.65. The summed E-state index contributed by atoms with van der Waals surface area (Å²) in [4.78, 5) is 24.7. The molecule has 5 heterocycles. The molecule has 36 heavy (non-hydrogen) atoms. The molecule has 1 aromatic carbocycles. The molecule has 2 amide bonds. The van der Waals surface area contributed by atoms with E-state index in [0.29, 0.717) is 26.2 Å². The smallest absolute Gasteiger partial charge is 0.320 e. The fraction of sp³-hybridized carbons (Fsp3) is 0.571. The Morgan fingerprint density at radius 2 is 1.97 bits per heavy atom. The van der Waals surface area contributed by atoms with Crippen molar-refractivity contribution in [3.05, 3.63) is 52.1 Å². The maximum atomic E-state index is 13.5. The molecule has 0 aromatic heterocycles. The van der Waals surface area contributed by atoms with Crippen LogP contribution in [0.4, 0.5) is 4.79 Å². The van der Waals surface area contributed by atoms with Gasteiger partial charge in [-0.25, -0.2) is 9.79 Å². The Balaban J connectivity index is 1.32. The molecule has 1 aromatic rings. The van der Waals surface area contributed by atoms with Crippen molar-refractivity contribution >= 4 is 17.6 Å². The van der Waals surface area contributed by atoms with Crippen molar-refractivity contribution in [3.63, 3.8) is 0 Å². The highest BCUT2D eigenvalue weighted by Gasteiger charge is 2.33. The molecule has 0 bridgehead atoms. The molecule has 0 saturated carbocycles. The number of benzene rings is 1. The highest BCUT2D eigenvalue weighted by atomic mass is 16.5. The summed E-state index contributed by atoms with van der Waals surface area (Å²) in [5.41, 5.74) is 7.23. The van der Waals surface area contributed by atoms with Gasteiger partial charge in [-0.1, -0.05) is 6.08 Å². The Bertz CT molecular complexity index is 1130. The predicted octanol–water partition coefficient (Wildman–Crippen LogP) is 2.95. The number of hydrogen-bond acceptors (Lipinski definition) is 6. The van der Waals surface area contributed by atoms with E-state index in [9.17, 15) is 4.79 Å². The zero-order chi connectivity index (χ0) is 24.8. The number of amidine groups is 1. The SMILES string of the molecule is C[C@@H]1CN(C(=O)N2CCc3cc(C4=CC5=CCCN(C)C5=N4)cc([C@@H]4COCCN4)c3C2)C[C@@H](C)O1. The fourth-order valence-corrected chi connectivity index (χ4v) is 6.17. The largest absolute Gasteiger partial charge is 0.378 e. The monoisotopic (exact) mass is 491 g/mol. The third-order valence-electron chi connectivity index (χ3n) is 7.90. The molecular weight excluding hydrogens is 454 g/mol. The van der Waals surface area contributed by atoms with Crippen LogP contribution in [0.3, 0.4) is 0 Å². The van der Waals surface area contributed by atoms with E-state index in [1.807, 2.05) is 23.6 Å². The first-order chi connectivity index (χ1) is 17.5. The standard InChI is InChI=1S/C28H37N5O3/c1-18-14-33(15-19(2)36-18)28(34)32-9-6-20-11-22(25-13-21-5-4-8-31(3)27(21)30-25)12-23(24(20)16-32)26-17-35-10-7-29-26/h5,11-13,18-19,26,29H,4,6-10,14-17H2,1-3H3/t18-,19-,26+/m1/s1. The number of amides is 2. The first-order valence-corrected chi connectivity index (χ1v) is 13.3. The van der Waals surface area contributed by atoms with Crippen molar-refractivity contribution in [3.8, 4) is 0 Å². The lowest BCUT2D eigenvalue weighted by Gasteiger charge is -2.40. The Kier molecular flexibility index (Phi) is 6.35. The van der Waals surface area contributed by atoms with Crippen LogP contribution in [0.5, 0.6) is 0 Å². The lowest BCUT2D eigenvalue weighted by molar-refractivity contribution is -0.0585. The van der Waals surface area contributed by atoms with E-state index in [2.05, 4.69) is 41.5 Å². The highest BCUT2D eigenvalue weighted by Crippen LogP contribution is 2.35. The van der Waals surface area contributed by atoms with Crippen molar-refractivity contribution in [2.75, 3.05) is 53.0 Å². The van der Waals surface area contributed by atoms with Gasteiger partial charge < -0.3 is 29.5 Å². The minimum Gasteiger partial charge on any atom is -0.378 e. The van der Waals surface area contributed by atoms with Gasteiger partial charge in [0.25, 0.3) is 0 Å². The molecule has 6 rings (SSSR count). The number of aliphatic imine (C=N–C) groups is 1. The molecule has 0 spiro atoms. The third kappa shape index (κ3) is 4.46. The van der Waals surface area contributed by atoms with Gasteiger partial charge in [0.2, 0.25) is 0 Å². The highest BCUT2D eigenvalue weighted by molar-refractivity contribution is 6.09. The molecule has 1 N–H and O–H groups in total. The maximum absolute atomic E-state index is 13.5. The van der Waals surface area contributed by atoms with E-state index in [-0.39, 0.29) is 24.3 Å². The Morgan fingerprint density at radius 3 is 2.72 bits per heavy atom. The van der Waals surface area contributed by atoms with Crippen LogP contribution in [0.25, 0.3) is 5.70 Å². The van der Waals surface area contributed by atoms with E-state index in [4.69, 9.17) is 14.5 Å². The molecule has 0 aliphatic carbocycles. The number of urea groups is 1. The summed E-state index contributed by atoms with van der Waals surface area (Å²) >= 11 is 0. The number of rotatable bonds is 2. The Labute approximate surface area is 213 Å². The predicted molar refractivity (Wildman–Crippen MR) is 140 cm³/mol. The van der Waals surface area contributed by atoms with Crippen LogP contribution in [0.15, 0.2) is 34.9 Å². The Hall–Kier alpha value is -2.68. The van der Waals surface area contributed by atoms with Gasteiger partial charge in [-0.05, 0) is 61.6 Å². The van der Waals surface area contributed by atoms with Crippen LogP contribution in [0.1, 0.15) is 48.6 Å². The Morgan fingerprint density at radius 1 is 1.14 bits per heavy atom. The van der Waals surface area contributed by atoms with E-state index < -0.39 is 0 Å². The average molecular weight is 492 g/mol. The van der Waals surface area contributed by atoms with Gasteiger partial charge in [0.15, 0.2) is 0 Å². The summed E-state index contributed by atoms with van der Waals surface area (Å²) in [6, 6.07) is 4.82. The minimum absolute atomic E-state index is 0.0654. The summed E-state index contributed by atoms with van der Waals surface area (Å²) in [6.45, 7) is 9.95. The average Bonchev–Trinajstić information content (AvgIpc) is 3.33. The zero-order valence-electron chi connectivity index (χ0n) is 21.6. The molecule has 0 radical (unpaired) electrons. The molecular formula is C28H37N5O3. The first kappa shape index (κ1) is 23.7. The maximum Gasteiger partial charge on any atom is 0.320 e. The van der Waals surface area contributed by atoms with Gasteiger partial charge in [-0.2, -0.15) is 0 Å². The zero-order valence-corrected chi connectivity index (χ0v) is 21.6. The lowest BCUT2D eigenvalue weighted by Crippen LogP contribution is -2.53. The van der Waals surface area contributed by atoms with Crippen LogP contribution < -0.4 is 5.32 Å².